The van der Waals surface area contributed by atoms with Gasteiger partial charge in [0.2, 0.25) is 10.0 Å². The van der Waals surface area contributed by atoms with Gasteiger partial charge >= 0.3 is 0 Å². The first-order valence-electron chi connectivity index (χ1n) is 7.04. The third-order valence-electron chi connectivity index (χ3n) is 3.14. The molecule has 0 spiro atoms. The quantitative estimate of drug-likeness (QED) is 0.581. The maximum absolute atomic E-state index is 11.6. The van der Waals surface area contributed by atoms with Crippen molar-refractivity contribution in [2.45, 2.75) is 17.9 Å². The summed E-state index contributed by atoms with van der Waals surface area (Å²) in [6.07, 6.45) is -0.268. The van der Waals surface area contributed by atoms with Crippen molar-refractivity contribution in [3.63, 3.8) is 0 Å². The van der Waals surface area contributed by atoms with E-state index in [1.807, 2.05) is 25.1 Å². The van der Waals surface area contributed by atoms with Gasteiger partial charge in [-0.25, -0.2) is 13.6 Å². The van der Waals surface area contributed by atoms with E-state index in [-0.39, 0.29) is 28.9 Å². The number of nitro groups is 1. The Morgan fingerprint density at radius 3 is 2.50 bits per heavy atom. The molecule has 1 unspecified atom stereocenters. The van der Waals surface area contributed by atoms with Crippen molar-refractivity contribution >= 4 is 21.4 Å². The largest absolute Gasteiger partial charge is 0.489 e. The summed E-state index contributed by atoms with van der Waals surface area (Å²) in [5.41, 5.74) is -0.162. The number of nitrogens with zero attached hydrogens (tertiary/aromatic N) is 1. The second kappa shape index (κ2) is 7.28. The summed E-state index contributed by atoms with van der Waals surface area (Å²) in [6, 6.07) is 12.6. The lowest BCUT2D eigenvalue weighted by atomic mass is 10.2. The molecule has 24 heavy (non-hydrogen) atoms. The summed E-state index contributed by atoms with van der Waals surface area (Å²) in [6.45, 7) is 2.09. The van der Waals surface area contributed by atoms with E-state index in [2.05, 4.69) is 5.32 Å². The molecule has 2 aromatic rings. The van der Waals surface area contributed by atoms with E-state index in [0.717, 1.165) is 6.07 Å². The Balaban J connectivity index is 2.13. The number of benzene rings is 2. The van der Waals surface area contributed by atoms with Crippen LogP contribution in [0.15, 0.2) is 53.4 Å². The van der Waals surface area contributed by atoms with E-state index in [4.69, 9.17) is 9.88 Å². The normalized spacial score (nSPS) is 12.4. The molecule has 8 nitrogen and oxygen atoms in total. The Morgan fingerprint density at radius 1 is 1.25 bits per heavy atom. The number of sulfonamides is 1. The van der Waals surface area contributed by atoms with Crippen molar-refractivity contribution in [2.24, 2.45) is 5.14 Å². The first kappa shape index (κ1) is 17.7. The molecule has 128 valence electrons. The summed E-state index contributed by atoms with van der Waals surface area (Å²) >= 11 is 0. The van der Waals surface area contributed by atoms with E-state index < -0.39 is 14.9 Å². The Labute approximate surface area is 139 Å². The minimum atomic E-state index is -4.10. The predicted octanol–water partition coefficient (Wildman–Crippen LogP) is 2.12. The Morgan fingerprint density at radius 2 is 1.92 bits per heavy atom. The number of primary sulfonamides is 1. The molecule has 2 aromatic carbocycles. The zero-order chi connectivity index (χ0) is 17.7. The van der Waals surface area contributed by atoms with Crippen LogP contribution in [0.25, 0.3) is 0 Å². The van der Waals surface area contributed by atoms with Crippen molar-refractivity contribution in [3.8, 4) is 5.75 Å². The van der Waals surface area contributed by atoms with Crippen LogP contribution in [-0.4, -0.2) is 26.0 Å². The minimum Gasteiger partial charge on any atom is -0.489 e. The highest BCUT2D eigenvalue weighted by atomic mass is 32.2. The van der Waals surface area contributed by atoms with Crippen molar-refractivity contribution in [3.05, 3.63) is 58.6 Å². The van der Waals surface area contributed by atoms with E-state index in [1.165, 1.54) is 12.1 Å². The number of hydrogen-bond donors (Lipinski definition) is 2. The average Bonchev–Trinajstić information content (AvgIpc) is 2.52. The minimum absolute atomic E-state index is 0.187. The standard InChI is InChI=1S/C15H17N3O5S/c1-11(23-13-5-3-2-4-6-13)10-17-14-8-7-12(18(19)20)9-15(14)24(16,21)22/h2-9,11,17H,10H2,1H3,(H2,16,21,22). The second-order valence-electron chi connectivity index (χ2n) is 5.11. The van der Waals surface area contributed by atoms with Crippen LogP contribution in [0.1, 0.15) is 6.92 Å². The van der Waals surface area contributed by atoms with E-state index in [1.54, 1.807) is 12.1 Å². The van der Waals surface area contributed by atoms with Gasteiger partial charge in [0, 0.05) is 12.1 Å². The molecule has 0 fully saturated rings. The number of para-hydroxylation sites is 1. The van der Waals surface area contributed by atoms with Crippen LogP contribution in [0, 0.1) is 10.1 Å². The molecule has 0 aliphatic rings. The van der Waals surface area contributed by atoms with Gasteiger partial charge in [0.25, 0.3) is 5.69 Å². The summed E-state index contributed by atoms with van der Waals surface area (Å²) < 4.78 is 29.0. The summed E-state index contributed by atoms with van der Waals surface area (Å²) in [5, 5.41) is 18.8. The highest BCUT2D eigenvalue weighted by Gasteiger charge is 2.19. The van der Waals surface area contributed by atoms with Gasteiger partial charge in [-0.05, 0) is 25.1 Å². The number of nitrogens with two attached hydrogens (primary N) is 1. The number of rotatable bonds is 7. The van der Waals surface area contributed by atoms with Gasteiger partial charge in [-0.2, -0.15) is 0 Å². The van der Waals surface area contributed by atoms with Crippen LogP contribution in [0.3, 0.4) is 0 Å². The molecular formula is C15H17N3O5S. The molecule has 0 radical (unpaired) electrons. The van der Waals surface area contributed by atoms with Crippen LogP contribution < -0.4 is 15.2 Å². The summed E-state index contributed by atoms with van der Waals surface area (Å²) in [7, 11) is -4.10. The van der Waals surface area contributed by atoms with Gasteiger partial charge < -0.3 is 10.1 Å². The second-order valence-corrected chi connectivity index (χ2v) is 6.63. The van der Waals surface area contributed by atoms with Crippen LogP contribution in [0.5, 0.6) is 5.75 Å². The summed E-state index contributed by atoms with van der Waals surface area (Å²) in [4.78, 5) is 9.78. The Bertz CT molecular complexity index is 824. The first-order valence-corrected chi connectivity index (χ1v) is 8.59. The molecule has 0 saturated carbocycles. The third-order valence-corrected chi connectivity index (χ3v) is 4.09. The lowest BCUT2D eigenvalue weighted by Crippen LogP contribution is -2.24. The Kier molecular flexibility index (Phi) is 5.37. The van der Waals surface area contributed by atoms with E-state index in [9.17, 15) is 18.5 Å². The monoisotopic (exact) mass is 351 g/mol. The molecule has 0 saturated heterocycles. The van der Waals surface area contributed by atoms with Crippen LogP contribution in [0.4, 0.5) is 11.4 Å². The number of ether oxygens (including phenoxy) is 1. The zero-order valence-electron chi connectivity index (χ0n) is 12.9. The number of nitrogens with one attached hydrogen (secondary N) is 1. The first-order chi connectivity index (χ1) is 11.3. The molecule has 2 rings (SSSR count). The molecule has 1 atom stereocenters. The van der Waals surface area contributed by atoms with Crippen molar-refractivity contribution in [1.29, 1.82) is 0 Å². The smallest absolute Gasteiger partial charge is 0.270 e. The fourth-order valence-electron chi connectivity index (χ4n) is 2.03. The third kappa shape index (κ3) is 4.67. The number of anilines is 1. The maximum Gasteiger partial charge on any atom is 0.270 e. The van der Waals surface area contributed by atoms with Crippen molar-refractivity contribution < 1.29 is 18.1 Å². The molecule has 0 bridgehead atoms. The maximum atomic E-state index is 11.6. The molecular weight excluding hydrogens is 334 g/mol. The molecule has 0 aliphatic carbocycles. The molecule has 0 amide bonds. The average molecular weight is 351 g/mol. The topological polar surface area (TPSA) is 125 Å². The fraction of sp³-hybridized carbons (Fsp3) is 0.200. The molecule has 0 aromatic heterocycles. The Hall–Kier alpha value is -2.65. The van der Waals surface area contributed by atoms with Crippen LogP contribution >= 0.6 is 0 Å². The highest BCUT2D eigenvalue weighted by Crippen LogP contribution is 2.25. The van der Waals surface area contributed by atoms with Gasteiger partial charge in [0.15, 0.2) is 0 Å². The lowest BCUT2D eigenvalue weighted by Gasteiger charge is -2.17. The van der Waals surface area contributed by atoms with Gasteiger partial charge in [-0.3, -0.25) is 10.1 Å². The molecule has 0 heterocycles. The highest BCUT2D eigenvalue weighted by molar-refractivity contribution is 7.89. The number of hydrogen-bond acceptors (Lipinski definition) is 6. The fourth-order valence-corrected chi connectivity index (χ4v) is 2.76. The van der Waals surface area contributed by atoms with Gasteiger partial charge in [0.05, 0.1) is 17.2 Å². The van der Waals surface area contributed by atoms with Crippen LogP contribution in [-0.2, 0) is 10.0 Å². The lowest BCUT2D eigenvalue weighted by molar-refractivity contribution is -0.385. The molecule has 0 aliphatic heterocycles. The van der Waals surface area contributed by atoms with Gasteiger partial charge in [-0.15, -0.1) is 0 Å². The summed E-state index contributed by atoms with van der Waals surface area (Å²) in [5.74, 6) is 0.683. The van der Waals surface area contributed by atoms with Crippen molar-refractivity contribution in [2.75, 3.05) is 11.9 Å². The molecule has 3 N–H and O–H groups in total. The van der Waals surface area contributed by atoms with Crippen molar-refractivity contribution in [1.82, 2.24) is 0 Å². The SMILES string of the molecule is CC(CNc1ccc([N+](=O)[O-])cc1S(N)(=O)=O)Oc1ccccc1. The van der Waals surface area contributed by atoms with E-state index >= 15 is 0 Å². The van der Waals surface area contributed by atoms with E-state index in [0.29, 0.717) is 5.75 Å². The predicted molar refractivity (Wildman–Crippen MR) is 89.5 cm³/mol. The van der Waals surface area contributed by atoms with Gasteiger partial charge in [-0.1, -0.05) is 18.2 Å². The zero-order valence-corrected chi connectivity index (χ0v) is 13.7. The number of nitro benzene ring substituents is 1. The number of non-ortho nitro benzene ring substituents is 1. The van der Waals surface area contributed by atoms with Gasteiger partial charge in [0.1, 0.15) is 16.7 Å². The molecule has 9 heteroatoms. The van der Waals surface area contributed by atoms with Crippen LogP contribution in [0.2, 0.25) is 0 Å².